The van der Waals surface area contributed by atoms with E-state index in [0.717, 1.165) is 24.3 Å². The lowest BCUT2D eigenvalue weighted by Gasteiger charge is -2.08. The van der Waals surface area contributed by atoms with E-state index in [1.807, 2.05) is 6.07 Å². The first-order valence-corrected chi connectivity index (χ1v) is 8.08. The van der Waals surface area contributed by atoms with Gasteiger partial charge in [-0.1, -0.05) is 49.7 Å². The molecule has 0 bridgehead atoms. The van der Waals surface area contributed by atoms with Gasteiger partial charge in [-0.05, 0) is 36.2 Å². The van der Waals surface area contributed by atoms with E-state index in [0.29, 0.717) is 6.54 Å². The van der Waals surface area contributed by atoms with Crippen molar-refractivity contribution in [3.05, 3.63) is 54.4 Å². The highest BCUT2D eigenvalue weighted by molar-refractivity contribution is 5.82. The molecule has 3 heteroatoms. The van der Waals surface area contributed by atoms with Crippen molar-refractivity contribution in [2.45, 2.75) is 32.7 Å². The number of hydrogen-bond donors (Lipinski definition) is 1. The van der Waals surface area contributed by atoms with Gasteiger partial charge in [-0.25, -0.2) is 4.98 Å². The summed E-state index contributed by atoms with van der Waals surface area (Å²) in [5.74, 6) is 1.11. The average Bonchev–Trinajstić information content (AvgIpc) is 2.90. The molecule has 0 unspecified atom stereocenters. The number of hydrogen-bond acceptors (Lipinski definition) is 2. The second-order valence-corrected chi connectivity index (χ2v) is 5.64. The van der Waals surface area contributed by atoms with Crippen molar-refractivity contribution in [2.75, 3.05) is 6.54 Å². The number of nitrogens with two attached hydrogens (primary N) is 1. The zero-order valence-corrected chi connectivity index (χ0v) is 13.1. The number of aromatic nitrogens is 2. The molecule has 0 saturated heterocycles. The molecule has 0 aliphatic heterocycles. The predicted octanol–water partition coefficient (Wildman–Crippen LogP) is 4.00. The summed E-state index contributed by atoms with van der Waals surface area (Å²) < 4.78 is 2.33. The van der Waals surface area contributed by atoms with E-state index in [1.165, 1.54) is 29.5 Å². The first-order chi connectivity index (χ1) is 10.8. The fraction of sp³-hybridized carbons (Fsp3) is 0.316. The molecule has 3 nitrogen and oxygen atoms in total. The van der Waals surface area contributed by atoms with Crippen molar-refractivity contribution in [1.29, 1.82) is 0 Å². The van der Waals surface area contributed by atoms with E-state index in [9.17, 15) is 0 Å². The Balaban J connectivity index is 2.05. The number of unbranched alkanes of at least 4 members (excludes halogenated alkanes) is 1. The Bertz CT molecular complexity index is 744. The topological polar surface area (TPSA) is 43.8 Å². The lowest BCUT2D eigenvalue weighted by Crippen LogP contribution is -2.10. The van der Waals surface area contributed by atoms with Gasteiger partial charge < -0.3 is 10.3 Å². The zero-order chi connectivity index (χ0) is 15.4. The van der Waals surface area contributed by atoms with E-state index in [2.05, 4.69) is 54.0 Å². The Labute approximate surface area is 131 Å². The van der Waals surface area contributed by atoms with Gasteiger partial charge in [0.15, 0.2) is 0 Å². The minimum absolute atomic E-state index is 0.640. The number of fused-ring (bicyclic) bond motifs is 1. The molecule has 1 heterocycles. The maximum absolute atomic E-state index is 5.75. The molecule has 0 saturated carbocycles. The van der Waals surface area contributed by atoms with Gasteiger partial charge in [0, 0.05) is 13.0 Å². The smallest absolute Gasteiger partial charge is 0.111 e. The molecule has 0 radical (unpaired) electrons. The second kappa shape index (κ2) is 6.75. The van der Waals surface area contributed by atoms with Gasteiger partial charge in [-0.3, -0.25) is 0 Å². The van der Waals surface area contributed by atoms with Crippen molar-refractivity contribution in [2.24, 2.45) is 5.73 Å². The van der Waals surface area contributed by atoms with Crippen molar-refractivity contribution in [3.8, 4) is 11.1 Å². The minimum atomic E-state index is 0.640. The fourth-order valence-corrected chi connectivity index (χ4v) is 2.88. The van der Waals surface area contributed by atoms with Crippen LogP contribution in [0.15, 0.2) is 48.5 Å². The van der Waals surface area contributed by atoms with Crippen LogP contribution in [0, 0.1) is 0 Å². The molecule has 2 N–H and O–H groups in total. The van der Waals surface area contributed by atoms with Gasteiger partial charge in [-0.15, -0.1) is 0 Å². The molecule has 0 aliphatic carbocycles. The molecular weight excluding hydrogens is 270 g/mol. The quantitative estimate of drug-likeness (QED) is 0.746. The van der Waals surface area contributed by atoms with Crippen LogP contribution in [-0.2, 0) is 13.0 Å². The first kappa shape index (κ1) is 14.8. The average molecular weight is 293 g/mol. The Morgan fingerprint density at radius 3 is 2.59 bits per heavy atom. The third-order valence-corrected chi connectivity index (χ3v) is 4.04. The van der Waals surface area contributed by atoms with E-state index in [1.54, 1.807) is 0 Å². The summed E-state index contributed by atoms with van der Waals surface area (Å²) in [6.45, 7) is 3.88. The van der Waals surface area contributed by atoms with E-state index < -0.39 is 0 Å². The molecule has 3 aromatic rings. The molecule has 114 valence electrons. The molecule has 0 aliphatic rings. The summed E-state index contributed by atoms with van der Waals surface area (Å²) >= 11 is 0. The summed E-state index contributed by atoms with van der Waals surface area (Å²) in [5, 5.41) is 0. The molecule has 0 spiro atoms. The second-order valence-electron chi connectivity index (χ2n) is 5.64. The first-order valence-electron chi connectivity index (χ1n) is 8.08. The van der Waals surface area contributed by atoms with Gasteiger partial charge in [0.2, 0.25) is 0 Å². The third-order valence-electron chi connectivity index (χ3n) is 4.04. The van der Waals surface area contributed by atoms with Crippen LogP contribution in [0.4, 0.5) is 0 Å². The van der Waals surface area contributed by atoms with Crippen LogP contribution in [0.3, 0.4) is 0 Å². The molecule has 2 aromatic carbocycles. The predicted molar refractivity (Wildman–Crippen MR) is 92.8 cm³/mol. The summed E-state index contributed by atoms with van der Waals surface area (Å²) in [5.41, 5.74) is 10.5. The highest BCUT2D eigenvalue weighted by Crippen LogP contribution is 2.25. The van der Waals surface area contributed by atoms with Gasteiger partial charge >= 0.3 is 0 Å². The van der Waals surface area contributed by atoms with E-state index in [-0.39, 0.29) is 0 Å². The maximum Gasteiger partial charge on any atom is 0.111 e. The van der Waals surface area contributed by atoms with Gasteiger partial charge in [0.1, 0.15) is 5.82 Å². The Hall–Kier alpha value is -2.13. The van der Waals surface area contributed by atoms with Crippen LogP contribution in [0.1, 0.15) is 25.6 Å². The SMILES string of the molecule is CCCCn1c(CCN)nc2cc(-c3ccccc3)ccc21. The van der Waals surface area contributed by atoms with Crippen LogP contribution >= 0.6 is 0 Å². The minimum Gasteiger partial charge on any atom is -0.330 e. The van der Waals surface area contributed by atoms with Gasteiger partial charge in [0.25, 0.3) is 0 Å². The summed E-state index contributed by atoms with van der Waals surface area (Å²) in [6.07, 6.45) is 3.19. The maximum atomic E-state index is 5.75. The van der Waals surface area contributed by atoms with Crippen molar-refractivity contribution >= 4 is 11.0 Å². The van der Waals surface area contributed by atoms with Crippen LogP contribution in [0.5, 0.6) is 0 Å². The number of aryl methyl sites for hydroxylation is 1. The van der Waals surface area contributed by atoms with Gasteiger partial charge in [0.05, 0.1) is 11.0 Å². The van der Waals surface area contributed by atoms with Crippen molar-refractivity contribution in [1.82, 2.24) is 9.55 Å². The van der Waals surface area contributed by atoms with Crippen LogP contribution in [0.2, 0.25) is 0 Å². The van der Waals surface area contributed by atoms with Crippen LogP contribution in [-0.4, -0.2) is 16.1 Å². The Morgan fingerprint density at radius 1 is 1.05 bits per heavy atom. The molecular formula is C19H23N3. The molecule has 0 amide bonds. The van der Waals surface area contributed by atoms with E-state index >= 15 is 0 Å². The molecule has 0 atom stereocenters. The lowest BCUT2D eigenvalue weighted by molar-refractivity contribution is 0.615. The highest BCUT2D eigenvalue weighted by Gasteiger charge is 2.10. The van der Waals surface area contributed by atoms with Crippen molar-refractivity contribution < 1.29 is 0 Å². The molecule has 0 fully saturated rings. The third kappa shape index (κ3) is 2.90. The normalized spacial score (nSPS) is 11.2. The van der Waals surface area contributed by atoms with Gasteiger partial charge in [-0.2, -0.15) is 0 Å². The number of imidazole rings is 1. The van der Waals surface area contributed by atoms with Crippen LogP contribution in [0.25, 0.3) is 22.2 Å². The standard InChI is InChI=1S/C19H23N3/c1-2-3-13-22-18-10-9-16(15-7-5-4-6-8-15)14-17(18)21-19(22)11-12-20/h4-10,14H,2-3,11-13,20H2,1H3. The molecule has 22 heavy (non-hydrogen) atoms. The van der Waals surface area contributed by atoms with Crippen molar-refractivity contribution in [3.63, 3.8) is 0 Å². The summed E-state index contributed by atoms with van der Waals surface area (Å²) in [4.78, 5) is 4.82. The highest BCUT2D eigenvalue weighted by atomic mass is 15.1. The zero-order valence-electron chi connectivity index (χ0n) is 13.1. The van der Waals surface area contributed by atoms with Crippen LogP contribution < -0.4 is 5.73 Å². The fourth-order valence-electron chi connectivity index (χ4n) is 2.88. The lowest BCUT2D eigenvalue weighted by atomic mass is 10.1. The van der Waals surface area contributed by atoms with E-state index in [4.69, 9.17) is 10.7 Å². The molecule has 1 aromatic heterocycles. The number of nitrogens with zero attached hydrogens (tertiary/aromatic N) is 2. The summed E-state index contributed by atoms with van der Waals surface area (Å²) in [6, 6.07) is 17.0. The Kier molecular flexibility index (Phi) is 4.54. The number of benzene rings is 2. The number of rotatable bonds is 6. The Morgan fingerprint density at radius 2 is 1.86 bits per heavy atom. The monoisotopic (exact) mass is 293 g/mol. The largest absolute Gasteiger partial charge is 0.330 e. The summed E-state index contributed by atoms with van der Waals surface area (Å²) in [7, 11) is 0. The molecule has 3 rings (SSSR count).